The quantitative estimate of drug-likeness (QED) is 0.570. The fourth-order valence-corrected chi connectivity index (χ4v) is 0.464. The summed E-state index contributed by atoms with van der Waals surface area (Å²) in [4.78, 5) is 0. The number of aliphatic hydroxyl groups is 1. The Balaban J connectivity index is 3.13. The van der Waals surface area contributed by atoms with E-state index >= 15 is 0 Å². The second-order valence-electron chi connectivity index (χ2n) is 1.78. The molecule has 0 amide bonds. The third kappa shape index (κ3) is 7.44. The number of hydrogen-bond acceptors (Lipinski definition) is 1. The molecule has 0 spiro atoms. The van der Waals surface area contributed by atoms with Gasteiger partial charge in [0.15, 0.2) is 0 Å². The van der Waals surface area contributed by atoms with Crippen molar-refractivity contribution in [2.45, 2.75) is 19.8 Å². The Morgan fingerprint density at radius 1 is 1.22 bits per heavy atom. The van der Waals surface area contributed by atoms with Crippen molar-refractivity contribution < 1.29 is 5.11 Å². The molecule has 0 saturated heterocycles. The van der Waals surface area contributed by atoms with Gasteiger partial charge < -0.3 is 5.11 Å². The molecule has 1 nitrogen and oxygen atoms in total. The third-order valence-corrected chi connectivity index (χ3v) is 0.915. The van der Waals surface area contributed by atoms with E-state index in [0.29, 0.717) is 0 Å². The molecular weight excluding hydrogens is 112 g/mol. The van der Waals surface area contributed by atoms with Gasteiger partial charge >= 0.3 is 0 Å². The van der Waals surface area contributed by atoms with E-state index in [0.717, 1.165) is 12.8 Å². The smallest absolute Gasteiger partial charge is 0.0465 e. The maximum absolute atomic E-state index is 8.35. The van der Waals surface area contributed by atoms with Crippen molar-refractivity contribution in [1.29, 1.82) is 0 Å². The van der Waals surface area contributed by atoms with Gasteiger partial charge in [-0.2, -0.15) is 0 Å². The van der Waals surface area contributed by atoms with Crippen LogP contribution in [0.2, 0.25) is 0 Å². The van der Waals surface area contributed by atoms with Gasteiger partial charge in [0, 0.05) is 6.61 Å². The first-order chi connectivity index (χ1) is 4.41. The monoisotopic (exact) mass is 126 g/mol. The van der Waals surface area contributed by atoms with Crippen molar-refractivity contribution in [3.8, 4) is 0 Å². The van der Waals surface area contributed by atoms with E-state index < -0.39 is 0 Å². The summed E-state index contributed by atoms with van der Waals surface area (Å²) >= 11 is 0. The number of rotatable bonds is 4. The van der Waals surface area contributed by atoms with Crippen molar-refractivity contribution in [3.05, 3.63) is 24.3 Å². The van der Waals surface area contributed by atoms with Crippen LogP contribution < -0.4 is 0 Å². The van der Waals surface area contributed by atoms with Crippen molar-refractivity contribution in [2.24, 2.45) is 0 Å². The van der Waals surface area contributed by atoms with Crippen LogP contribution in [0.1, 0.15) is 19.8 Å². The Hall–Kier alpha value is -0.560. The van der Waals surface area contributed by atoms with Crippen LogP contribution >= 0.6 is 0 Å². The van der Waals surface area contributed by atoms with Gasteiger partial charge in [-0.25, -0.2) is 0 Å². The minimum Gasteiger partial charge on any atom is -0.396 e. The maximum atomic E-state index is 8.35. The average molecular weight is 126 g/mol. The lowest BCUT2D eigenvalue weighted by Gasteiger charge is -1.79. The maximum Gasteiger partial charge on any atom is 0.0465 e. The fourth-order valence-electron chi connectivity index (χ4n) is 0.464. The minimum atomic E-state index is 0.246. The molecular formula is C8H14O. The van der Waals surface area contributed by atoms with Crippen LogP contribution in [-0.4, -0.2) is 11.7 Å². The Labute approximate surface area is 56.7 Å². The Morgan fingerprint density at radius 3 is 2.44 bits per heavy atom. The molecule has 0 aromatic heterocycles. The van der Waals surface area contributed by atoms with E-state index in [-0.39, 0.29) is 6.61 Å². The van der Waals surface area contributed by atoms with Crippen LogP contribution in [0.15, 0.2) is 24.3 Å². The van der Waals surface area contributed by atoms with Gasteiger partial charge in [-0.15, -0.1) is 0 Å². The van der Waals surface area contributed by atoms with E-state index in [2.05, 4.69) is 13.0 Å². The highest BCUT2D eigenvalue weighted by Crippen LogP contribution is 1.84. The molecule has 9 heavy (non-hydrogen) atoms. The molecule has 0 rings (SSSR count). The Kier molecular flexibility index (Phi) is 6.98. The summed E-state index contributed by atoms with van der Waals surface area (Å²) in [5.74, 6) is 0. The number of hydrogen-bond donors (Lipinski definition) is 1. The first kappa shape index (κ1) is 8.44. The molecule has 1 heteroatoms. The molecule has 0 radical (unpaired) electrons. The summed E-state index contributed by atoms with van der Waals surface area (Å²) in [7, 11) is 0. The van der Waals surface area contributed by atoms with Gasteiger partial charge in [-0.05, 0) is 12.8 Å². The van der Waals surface area contributed by atoms with Crippen molar-refractivity contribution in [1.82, 2.24) is 0 Å². The van der Waals surface area contributed by atoms with Gasteiger partial charge in [0.1, 0.15) is 0 Å². The van der Waals surface area contributed by atoms with E-state index in [9.17, 15) is 0 Å². The molecule has 0 aromatic carbocycles. The Morgan fingerprint density at radius 2 is 1.89 bits per heavy atom. The molecule has 1 N–H and O–H groups in total. The van der Waals surface area contributed by atoms with Crippen LogP contribution in [0.5, 0.6) is 0 Å². The van der Waals surface area contributed by atoms with Crippen molar-refractivity contribution >= 4 is 0 Å². The molecule has 0 aliphatic heterocycles. The highest BCUT2D eigenvalue weighted by molar-refractivity contribution is 5.01. The van der Waals surface area contributed by atoms with Crippen LogP contribution in [0.4, 0.5) is 0 Å². The van der Waals surface area contributed by atoms with Crippen LogP contribution in [0.25, 0.3) is 0 Å². The first-order valence-corrected chi connectivity index (χ1v) is 3.34. The van der Waals surface area contributed by atoms with Crippen molar-refractivity contribution in [3.63, 3.8) is 0 Å². The summed E-state index contributed by atoms with van der Waals surface area (Å²) in [5, 5.41) is 8.35. The van der Waals surface area contributed by atoms with Gasteiger partial charge in [0.25, 0.3) is 0 Å². The largest absolute Gasteiger partial charge is 0.396 e. The van der Waals surface area contributed by atoms with Crippen LogP contribution in [0.3, 0.4) is 0 Å². The summed E-state index contributed by atoms with van der Waals surface area (Å²) in [6.07, 6.45) is 9.81. The molecule has 0 fully saturated rings. The second kappa shape index (κ2) is 7.44. The SMILES string of the molecule is CCC=CC=CCCO. The topological polar surface area (TPSA) is 20.2 Å². The van der Waals surface area contributed by atoms with E-state index in [4.69, 9.17) is 5.11 Å². The van der Waals surface area contributed by atoms with Crippen LogP contribution in [-0.2, 0) is 0 Å². The van der Waals surface area contributed by atoms with Crippen molar-refractivity contribution in [2.75, 3.05) is 6.61 Å². The molecule has 0 aromatic rings. The lowest BCUT2D eigenvalue weighted by Crippen LogP contribution is -1.73. The van der Waals surface area contributed by atoms with Gasteiger partial charge in [0.2, 0.25) is 0 Å². The molecule has 0 aliphatic rings. The predicted molar refractivity (Wildman–Crippen MR) is 40.3 cm³/mol. The highest BCUT2D eigenvalue weighted by atomic mass is 16.2. The second-order valence-corrected chi connectivity index (χ2v) is 1.78. The van der Waals surface area contributed by atoms with Gasteiger partial charge in [0.05, 0.1) is 0 Å². The molecule has 0 bridgehead atoms. The van der Waals surface area contributed by atoms with Gasteiger partial charge in [-0.1, -0.05) is 31.2 Å². The van der Waals surface area contributed by atoms with E-state index in [1.165, 1.54) is 0 Å². The lowest BCUT2D eigenvalue weighted by molar-refractivity contribution is 0.302. The Bertz CT molecular complexity index is 92.7. The normalized spacial score (nSPS) is 11.8. The molecule has 52 valence electrons. The summed E-state index contributed by atoms with van der Waals surface area (Å²) in [5.41, 5.74) is 0. The standard InChI is InChI=1S/C8H14O/c1-2-3-4-5-6-7-8-9/h3-6,9H,2,7-8H2,1H3. The molecule has 0 atom stereocenters. The summed E-state index contributed by atoms with van der Waals surface area (Å²) in [6, 6.07) is 0. The predicted octanol–water partition coefficient (Wildman–Crippen LogP) is 1.89. The lowest BCUT2D eigenvalue weighted by atomic mass is 10.3. The third-order valence-electron chi connectivity index (χ3n) is 0.915. The fraction of sp³-hybridized carbons (Fsp3) is 0.500. The molecule has 0 unspecified atom stereocenters. The van der Waals surface area contributed by atoms with Crippen LogP contribution in [0, 0.1) is 0 Å². The van der Waals surface area contributed by atoms with E-state index in [1.807, 2.05) is 18.2 Å². The zero-order valence-corrected chi connectivity index (χ0v) is 5.88. The number of allylic oxidation sites excluding steroid dienone is 3. The first-order valence-electron chi connectivity index (χ1n) is 3.34. The minimum absolute atomic E-state index is 0.246. The average Bonchev–Trinajstić information content (AvgIpc) is 1.89. The molecule has 0 heterocycles. The number of aliphatic hydroxyl groups excluding tert-OH is 1. The summed E-state index contributed by atoms with van der Waals surface area (Å²) < 4.78 is 0. The highest BCUT2D eigenvalue weighted by Gasteiger charge is 1.69. The zero-order chi connectivity index (χ0) is 6.95. The molecule has 0 saturated carbocycles. The summed E-state index contributed by atoms with van der Waals surface area (Å²) in [6.45, 7) is 2.34. The van der Waals surface area contributed by atoms with E-state index in [1.54, 1.807) is 0 Å². The zero-order valence-electron chi connectivity index (χ0n) is 5.88. The van der Waals surface area contributed by atoms with Gasteiger partial charge in [-0.3, -0.25) is 0 Å². The molecule has 0 aliphatic carbocycles.